The van der Waals surface area contributed by atoms with E-state index in [1.165, 1.54) is 7.11 Å². The molecule has 1 atom stereocenters. The van der Waals surface area contributed by atoms with Gasteiger partial charge in [0.05, 0.1) is 22.7 Å². The van der Waals surface area contributed by atoms with Crippen LogP contribution in [0.3, 0.4) is 0 Å². The molecule has 1 N–H and O–H groups in total. The molecule has 2 aromatic carbocycles. The highest BCUT2D eigenvalue weighted by Crippen LogP contribution is 2.41. The number of azide groups is 1. The fourth-order valence-corrected chi connectivity index (χ4v) is 5.27. The van der Waals surface area contributed by atoms with Crippen LogP contribution >= 0.6 is 23.2 Å². The summed E-state index contributed by atoms with van der Waals surface area (Å²) in [5, 5.41) is 7.08. The van der Waals surface area contributed by atoms with Gasteiger partial charge in [-0.3, -0.25) is 9.59 Å². The Bertz CT molecular complexity index is 1140. The molecule has 0 aliphatic heterocycles. The van der Waals surface area contributed by atoms with Crippen molar-refractivity contribution in [3.63, 3.8) is 0 Å². The topological polar surface area (TPSA) is 121 Å². The number of ketones is 1. The zero-order chi connectivity index (χ0) is 26.1. The van der Waals surface area contributed by atoms with Crippen LogP contribution in [0.2, 0.25) is 10.0 Å². The van der Waals surface area contributed by atoms with Crippen LogP contribution < -0.4 is 5.32 Å². The van der Waals surface area contributed by atoms with Crippen molar-refractivity contribution in [2.24, 2.45) is 10.5 Å². The van der Waals surface area contributed by atoms with Crippen molar-refractivity contribution < 1.29 is 19.1 Å². The molecule has 0 radical (unpaired) electrons. The maximum absolute atomic E-state index is 13.2. The zero-order valence-corrected chi connectivity index (χ0v) is 21.5. The minimum absolute atomic E-state index is 0.120. The van der Waals surface area contributed by atoms with E-state index in [-0.39, 0.29) is 31.1 Å². The van der Waals surface area contributed by atoms with Gasteiger partial charge in [-0.2, -0.15) is 0 Å². The molecule has 0 aromatic heterocycles. The first-order valence-corrected chi connectivity index (χ1v) is 12.5. The summed E-state index contributed by atoms with van der Waals surface area (Å²) in [5.41, 5.74) is 9.80. The highest BCUT2D eigenvalue weighted by molar-refractivity contribution is 6.39. The predicted molar refractivity (Wildman–Crippen MR) is 138 cm³/mol. The Hall–Kier alpha value is -3.06. The minimum Gasteiger partial charge on any atom is -0.467 e. The average molecular weight is 531 g/mol. The molecule has 8 nitrogen and oxygen atoms in total. The van der Waals surface area contributed by atoms with Crippen LogP contribution in [0, 0.1) is 5.41 Å². The number of hydrogen-bond acceptors (Lipinski definition) is 5. The summed E-state index contributed by atoms with van der Waals surface area (Å²) in [5.74, 6) is -0.956. The fraction of sp³-hybridized carbons (Fsp3) is 0.423. The molecule has 0 unspecified atom stereocenters. The average Bonchev–Trinajstić information content (AvgIpc) is 3.34. The van der Waals surface area contributed by atoms with E-state index >= 15 is 0 Å². The second kappa shape index (κ2) is 12.8. The number of nitrogens with one attached hydrogen (secondary N) is 1. The lowest BCUT2D eigenvalue weighted by atomic mass is 9.81. The van der Waals surface area contributed by atoms with E-state index in [1.54, 1.807) is 30.3 Å². The van der Waals surface area contributed by atoms with Crippen LogP contribution in [-0.4, -0.2) is 37.4 Å². The van der Waals surface area contributed by atoms with Crippen molar-refractivity contribution in [3.05, 3.63) is 79.6 Å². The molecule has 10 heteroatoms. The summed E-state index contributed by atoms with van der Waals surface area (Å²) in [4.78, 5) is 41.2. The number of benzene rings is 2. The minimum atomic E-state index is -0.867. The number of methoxy groups -OCH3 is 1. The lowest BCUT2D eigenvalue weighted by Crippen LogP contribution is -2.49. The highest BCUT2D eigenvalue weighted by Gasteiger charge is 2.41. The largest absolute Gasteiger partial charge is 0.467 e. The van der Waals surface area contributed by atoms with Crippen LogP contribution in [0.4, 0.5) is 0 Å². The third-order valence-electron chi connectivity index (χ3n) is 6.66. The Morgan fingerprint density at radius 1 is 1.08 bits per heavy atom. The molecule has 3 rings (SSSR count). The van der Waals surface area contributed by atoms with Gasteiger partial charge in [-0.05, 0) is 48.1 Å². The summed E-state index contributed by atoms with van der Waals surface area (Å²) in [6.07, 6.45) is 3.98. The van der Waals surface area contributed by atoms with Gasteiger partial charge in [0.1, 0.15) is 6.04 Å². The van der Waals surface area contributed by atoms with Crippen molar-refractivity contribution in [1.82, 2.24) is 5.32 Å². The van der Waals surface area contributed by atoms with Gasteiger partial charge in [-0.1, -0.05) is 71.5 Å². The molecular formula is C26H28Cl2N4O4. The normalized spacial score (nSPS) is 15.0. The van der Waals surface area contributed by atoms with E-state index in [2.05, 4.69) is 15.3 Å². The second-order valence-electron chi connectivity index (χ2n) is 8.96. The van der Waals surface area contributed by atoms with Crippen LogP contribution in [0.25, 0.3) is 10.4 Å². The van der Waals surface area contributed by atoms with Crippen LogP contribution in [0.15, 0.2) is 47.6 Å². The molecule has 1 aliphatic carbocycles. The van der Waals surface area contributed by atoms with Crippen molar-refractivity contribution >= 4 is 40.9 Å². The van der Waals surface area contributed by atoms with Crippen molar-refractivity contribution in [1.29, 1.82) is 0 Å². The standard InChI is InChI=1S/C26H28Cl2N4O4/c1-36-24(34)21(31-25(35)26(11-2-3-12-26)13-14-30-32-29)15-17-7-9-18(10-8-17)16-22(33)23-19(27)5-4-6-20(23)28/h4-10,21H,2-3,11-16H2,1H3,(H,31,35)/t21-/m0/s1. The molecular weight excluding hydrogens is 503 g/mol. The van der Waals surface area contributed by atoms with E-state index in [0.717, 1.165) is 24.0 Å². The summed E-state index contributed by atoms with van der Waals surface area (Å²) >= 11 is 12.3. The van der Waals surface area contributed by atoms with Crippen molar-refractivity contribution in [2.75, 3.05) is 13.7 Å². The number of hydrogen-bond donors (Lipinski definition) is 1. The number of Topliss-reactive ketones (excluding diaryl/α,β-unsaturated/α-hetero) is 1. The van der Waals surface area contributed by atoms with Gasteiger partial charge < -0.3 is 10.1 Å². The maximum atomic E-state index is 13.2. The molecule has 36 heavy (non-hydrogen) atoms. The first kappa shape index (κ1) is 27.5. The van der Waals surface area contributed by atoms with Gasteiger partial charge in [0.25, 0.3) is 0 Å². The van der Waals surface area contributed by atoms with Gasteiger partial charge in [0.15, 0.2) is 5.78 Å². The third-order valence-corrected chi connectivity index (χ3v) is 7.29. The third kappa shape index (κ3) is 6.78. The quantitative estimate of drug-likeness (QED) is 0.128. The molecule has 1 amide bonds. The Labute approximate surface area is 219 Å². The molecule has 190 valence electrons. The molecule has 0 heterocycles. The summed E-state index contributed by atoms with van der Waals surface area (Å²) in [7, 11) is 1.28. The van der Waals surface area contributed by atoms with Gasteiger partial charge in [0.2, 0.25) is 5.91 Å². The number of carbonyl (C=O) groups excluding carboxylic acids is 3. The van der Waals surface area contributed by atoms with E-state index in [9.17, 15) is 14.4 Å². The Morgan fingerprint density at radius 3 is 2.28 bits per heavy atom. The summed E-state index contributed by atoms with van der Waals surface area (Å²) in [6.45, 7) is 0.229. The van der Waals surface area contributed by atoms with Gasteiger partial charge >= 0.3 is 5.97 Å². The van der Waals surface area contributed by atoms with Crippen molar-refractivity contribution in [3.8, 4) is 0 Å². The van der Waals surface area contributed by atoms with E-state index in [4.69, 9.17) is 33.5 Å². The fourth-order valence-electron chi connectivity index (χ4n) is 4.66. The molecule has 1 fully saturated rings. The SMILES string of the molecule is COC(=O)[C@H](Cc1ccc(CC(=O)c2c(Cl)cccc2Cl)cc1)NC(=O)C1(CCN=[N+]=[N-])CCCC1. The van der Waals surface area contributed by atoms with Crippen LogP contribution in [0.1, 0.15) is 53.6 Å². The van der Waals surface area contributed by atoms with Crippen LogP contribution in [-0.2, 0) is 27.2 Å². The molecule has 1 aliphatic rings. The number of nitrogens with zero attached hydrogens (tertiary/aromatic N) is 3. The Morgan fingerprint density at radius 2 is 1.69 bits per heavy atom. The number of carbonyl (C=O) groups is 3. The first-order chi connectivity index (χ1) is 17.3. The second-order valence-corrected chi connectivity index (χ2v) is 9.77. The number of amides is 1. The van der Waals surface area contributed by atoms with Crippen molar-refractivity contribution in [2.45, 2.75) is 51.0 Å². The number of esters is 1. The number of ether oxygens (including phenoxy) is 1. The molecule has 1 saturated carbocycles. The zero-order valence-electron chi connectivity index (χ0n) is 20.0. The summed E-state index contributed by atoms with van der Waals surface area (Å²) in [6, 6.07) is 11.3. The predicted octanol–water partition coefficient (Wildman–Crippen LogP) is 5.88. The lowest BCUT2D eigenvalue weighted by molar-refractivity contribution is -0.146. The molecule has 0 bridgehead atoms. The van der Waals surface area contributed by atoms with Gasteiger partial charge in [0, 0.05) is 29.7 Å². The molecule has 0 spiro atoms. The summed E-state index contributed by atoms with van der Waals surface area (Å²) < 4.78 is 4.94. The van der Waals surface area contributed by atoms with E-state index < -0.39 is 17.4 Å². The highest BCUT2D eigenvalue weighted by atomic mass is 35.5. The van der Waals surface area contributed by atoms with Gasteiger partial charge in [-0.25, -0.2) is 4.79 Å². The van der Waals surface area contributed by atoms with Gasteiger partial charge in [-0.15, -0.1) is 0 Å². The number of rotatable bonds is 11. The molecule has 0 saturated heterocycles. The maximum Gasteiger partial charge on any atom is 0.328 e. The lowest BCUT2D eigenvalue weighted by Gasteiger charge is -2.29. The Balaban J connectivity index is 1.69. The number of halogens is 2. The monoisotopic (exact) mass is 530 g/mol. The smallest absolute Gasteiger partial charge is 0.328 e. The first-order valence-electron chi connectivity index (χ1n) is 11.7. The van der Waals surface area contributed by atoms with Crippen LogP contribution in [0.5, 0.6) is 0 Å². The van der Waals surface area contributed by atoms with E-state index in [0.29, 0.717) is 34.9 Å². The van der Waals surface area contributed by atoms with E-state index in [1.807, 2.05) is 12.1 Å². The molecule has 2 aromatic rings. The Kier molecular flexibility index (Phi) is 9.76.